The van der Waals surface area contributed by atoms with Crippen molar-refractivity contribution in [2.45, 2.75) is 6.54 Å². The van der Waals surface area contributed by atoms with Crippen molar-refractivity contribution in [1.29, 1.82) is 0 Å². The predicted molar refractivity (Wildman–Crippen MR) is 97.7 cm³/mol. The first-order valence-electron chi connectivity index (χ1n) is 7.61. The Morgan fingerprint density at radius 3 is 2.25 bits per heavy atom. The van der Waals surface area contributed by atoms with Gasteiger partial charge in [-0.25, -0.2) is 0 Å². The maximum atomic E-state index is 11.9. The molecular formula is C18H20Cl2N2O2. The van der Waals surface area contributed by atoms with Gasteiger partial charge in [0.1, 0.15) is 12.4 Å². The molecule has 24 heavy (non-hydrogen) atoms. The monoisotopic (exact) mass is 366 g/mol. The largest absolute Gasteiger partial charge is 0.492 e. The molecule has 0 saturated heterocycles. The number of halogens is 2. The van der Waals surface area contributed by atoms with Gasteiger partial charge < -0.3 is 10.1 Å². The third-order valence-corrected chi connectivity index (χ3v) is 3.88. The molecule has 2 aromatic rings. The highest BCUT2D eigenvalue weighted by Gasteiger charge is 2.06. The molecule has 0 radical (unpaired) electrons. The van der Waals surface area contributed by atoms with E-state index in [1.54, 1.807) is 12.1 Å². The predicted octanol–water partition coefficient (Wildman–Crippen LogP) is 3.62. The van der Waals surface area contributed by atoms with Gasteiger partial charge in [0, 0.05) is 23.1 Å². The first-order valence-corrected chi connectivity index (χ1v) is 8.36. The fourth-order valence-electron chi connectivity index (χ4n) is 2.03. The van der Waals surface area contributed by atoms with E-state index in [1.807, 2.05) is 48.3 Å². The maximum Gasteiger partial charge on any atom is 0.234 e. The van der Waals surface area contributed by atoms with Gasteiger partial charge >= 0.3 is 0 Å². The summed E-state index contributed by atoms with van der Waals surface area (Å²) in [6, 6.07) is 14.6. The van der Waals surface area contributed by atoms with Crippen LogP contribution in [0.1, 0.15) is 5.56 Å². The van der Waals surface area contributed by atoms with Crippen molar-refractivity contribution >= 4 is 29.1 Å². The van der Waals surface area contributed by atoms with Gasteiger partial charge in [-0.2, -0.15) is 0 Å². The lowest BCUT2D eigenvalue weighted by Gasteiger charge is -2.16. The Kier molecular flexibility index (Phi) is 7.37. The summed E-state index contributed by atoms with van der Waals surface area (Å²) in [5.41, 5.74) is 1.02. The second-order valence-electron chi connectivity index (χ2n) is 5.44. The van der Waals surface area contributed by atoms with Crippen LogP contribution in [0.4, 0.5) is 0 Å². The van der Waals surface area contributed by atoms with Gasteiger partial charge in [0.25, 0.3) is 0 Å². The molecule has 4 nitrogen and oxygen atoms in total. The smallest absolute Gasteiger partial charge is 0.234 e. The third-order valence-electron chi connectivity index (χ3n) is 3.37. The summed E-state index contributed by atoms with van der Waals surface area (Å²) in [6.07, 6.45) is 0. The number of benzene rings is 2. The summed E-state index contributed by atoms with van der Waals surface area (Å²) in [5.74, 6) is 0.735. The summed E-state index contributed by atoms with van der Waals surface area (Å²) >= 11 is 11.7. The van der Waals surface area contributed by atoms with Crippen LogP contribution in [0.2, 0.25) is 10.0 Å². The van der Waals surface area contributed by atoms with Crippen LogP contribution in [0.5, 0.6) is 5.75 Å². The molecule has 1 amide bonds. The van der Waals surface area contributed by atoms with Crippen molar-refractivity contribution in [1.82, 2.24) is 10.2 Å². The third kappa shape index (κ3) is 6.79. The van der Waals surface area contributed by atoms with Crippen molar-refractivity contribution < 1.29 is 9.53 Å². The van der Waals surface area contributed by atoms with Gasteiger partial charge in [0.15, 0.2) is 0 Å². The minimum Gasteiger partial charge on any atom is -0.492 e. The highest BCUT2D eigenvalue weighted by atomic mass is 35.5. The molecule has 128 valence electrons. The molecule has 0 aromatic heterocycles. The molecule has 0 spiro atoms. The molecule has 0 saturated carbocycles. The van der Waals surface area contributed by atoms with Crippen LogP contribution in [0.15, 0.2) is 48.5 Å². The van der Waals surface area contributed by atoms with Crippen LogP contribution in [0, 0.1) is 0 Å². The van der Waals surface area contributed by atoms with Crippen LogP contribution in [0.25, 0.3) is 0 Å². The Bertz CT molecular complexity index is 645. The van der Waals surface area contributed by atoms with Crippen molar-refractivity contribution in [3.8, 4) is 5.75 Å². The Hall–Kier alpha value is -1.75. The average molecular weight is 367 g/mol. The standard InChI is InChI=1S/C18H20Cl2N2O2/c1-22(10-11-24-17-8-6-16(20)7-9-17)13-18(23)21-12-14-2-4-15(19)5-3-14/h2-9H,10-13H2,1H3,(H,21,23). The molecule has 1 N–H and O–H groups in total. The van der Waals surface area contributed by atoms with Gasteiger partial charge in [-0.3, -0.25) is 9.69 Å². The summed E-state index contributed by atoms with van der Waals surface area (Å²) in [4.78, 5) is 13.8. The van der Waals surface area contributed by atoms with E-state index in [9.17, 15) is 4.79 Å². The van der Waals surface area contributed by atoms with E-state index >= 15 is 0 Å². The normalized spacial score (nSPS) is 10.7. The van der Waals surface area contributed by atoms with Crippen molar-refractivity contribution in [2.75, 3.05) is 26.7 Å². The first kappa shape index (κ1) is 18.6. The molecule has 0 fully saturated rings. The van der Waals surface area contributed by atoms with Crippen LogP contribution >= 0.6 is 23.2 Å². The Morgan fingerprint density at radius 2 is 1.62 bits per heavy atom. The van der Waals surface area contributed by atoms with Gasteiger partial charge in [0.2, 0.25) is 5.91 Å². The fourth-order valence-corrected chi connectivity index (χ4v) is 2.29. The van der Waals surface area contributed by atoms with E-state index in [1.165, 1.54) is 0 Å². The van der Waals surface area contributed by atoms with Gasteiger partial charge in [-0.15, -0.1) is 0 Å². The average Bonchev–Trinajstić information content (AvgIpc) is 2.56. The molecule has 0 aliphatic rings. The molecule has 2 rings (SSSR count). The Labute approximate surface area is 152 Å². The van der Waals surface area contributed by atoms with Gasteiger partial charge in [-0.1, -0.05) is 35.3 Å². The highest BCUT2D eigenvalue weighted by Crippen LogP contribution is 2.15. The van der Waals surface area contributed by atoms with E-state index < -0.39 is 0 Å². The van der Waals surface area contributed by atoms with E-state index in [2.05, 4.69) is 5.32 Å². The lowest BCUT2D eigenvalue weighted by atomic mass is 10.2. The Morgan fingerprint density at radius 1 is 1.04 bits per heavy atom. The van der Waals surface area contributed by atoms with E-state index in [0.29, 0.717) is 36.3 Å². The first-order chi connectivity index (χ1) is 11.5. The molecule has 0 atom stereocenters. The number of carbonyl (C=O) groups is 1. The number of likely N-dealkylation sites (N-methyl/N-ethyl adjacent to an activating group) is 1. The maximum absolute atomic E-state index is 11.9. The van der Waals surface area contributed by atoms with E-state index in [-0.39, 0.29) is 5.91 Å². The SMILES string of the molecule is CN(CCOc1ccc(Cl)cc1)CC(=O)NCc1ccc(Cl)cc1. The molecule has 0 unspecified atom stereocenters. The topological polar surface area (TPSA) is 41.6 Å². The lowest BCUT2D eigenvalue weighted by molar-refractivity contribution is -0.122. The number of carbonyl (C=O) groups excluding carboxylic acids is 1. The van der Waals surface area contributed by atoms with Gasteiger partial charge in [-0.05, 0) is 49.0 Å². The zero-order valence-electron chi connectivity index (χ0n) is 13.5. The number of hydrogen-bond donors (Lipinski definition) is 1. The van der Waals surface area contributed by atoms with Crippen LogP contribution in [0.3, 0.4) is 0 Å². The van der Waals surface area contributed by atoms with Gasteiger partial charge in [0.05, 0.1) is 6.54 Å². The molecule has 0 bridgehead atoms. The molecule has 2 aromatic carbocycles. The van der Waals surface area contributed by atoms with Crippen LogP contribution in [-0.2, 0) is 11.3 Å². The number of rotatable bonds is 8. The molecule has 0 heterocycles. The zero-order valence-corrected chi connectivity index (χ0v) is 15.0. The highest BCUT2D eigenvalue weighted by molar-refractivity contribution is 6.30. The zero-order chi connectivity index (χ0) is 17.4. The quantitative estimate of drug-likeness (QED) is 0.775. The second-order valence-corrected chi connectivity index (χ2v) is 6.32. The summed E-state index contributed by atoms with van der Waals surface area (Å²) in [7, 11) is 1.88. The molecular weight excluding hydrogens is 347 g/mol. The molecule has 0 aliphatic carbocycles. The number of ether oxygens (including phenoxy) is 1. The number of nitrogens with zero attached hydrogens (tertiary/aromatic N) is 1. The second kappa shape index (κ2) is 9.52. The van der Waals surface area contributed by atoms with E-state index in [4.69, 9.17) is 27.9 Å². The summed E-state index contributed by atoms with van der Waals surface area (Å²) < 4.78 is 5.61. The minimum atomic E-state index is -0.0288. The number of amides is 1. The van der Waals surface area contributed by atoms with Crippen molar-refractivity contribution in [2.24, 2.45) is 0 Å². The number of hydrogen-bond acceptors (Lipinski definition) is 3. The van der Waals surface area contributed by atoms with E-state index in [0.717, 1.165) is 11.3 Å². The molecule has 6 heteroatoms. The van der Waals surface area contributed by atoms with Crippen LogP contribution in [-0.4, -0.2) is 37.6 Å². The van der Waals surface area contributed by atoms with Crippen LogP contribution < -0.4 is 10.1 Å². The Balaban J connectivity index is 1.64. The molecule has 0 aliphatic heterocycles. The summed E-state index contributed by atoms with van der Waals surface area (Å²) in [6.45, 7) is 1.96. The summed E-state index contributed by atoms with van der Waals surface area (Å²) in [5, 5.41) is 4.25. The number of nitrogens with one attached hydrogen (secondary N) is 1. The van der Waals surface area contributed by atoms with Crippen molar-refractivity contribution in [3.63, 3.8) is 0 Å². The minimum absolute atomic E-state index is 0.0288. The lowest BCUT2D eigenvalue weighted by Crippen LogP contribution is -2.36. The fraction of sp³-hybridized carbons (Fsp3) is 0.278. The van der Waals surface area contributed by atoms with Crippen molar-refractivity contribution in [3.05, 3.63) is 64.1 Å².